The van der Waals surface area contributed by atoms with Gasteiger partial charge in [0.2, 0.25) is 0 Å². The maximum Gasteiger partial charge on any atom is 0.339 e. The first-order chi connectivity index (χ1) is 12.0. The second kappa shape index (κ2) is 7.34. The lowest BCUT2D eigenvalue weighted by Crippen LogP contribution is -2.36. The van der Waals surface area contributed by atoms with Gasteiger partial charge in [-0.05, 0) is 37.0 Å². The Morgan fingerprint density at radius 2 is 2.04 bits per heavy atom. The van der Waals surface area contributed by atoms with Gasteiger partial charge in [0.15, 0.2) is 0 Å². The summed E-state index contributed by atoms with van der Waals surface area (Å²) in [5, 5.41) is 12.3. The van der Waals surface area contributed by atoms with Gasteiger partial charge in [-0.2, -0.15) is 0 Å². The average molecular weight is 339 g/mol. The Morgan fingerprint density at radius 3 is 2.72 bits per heavy atom. The van der Waals surface area contributed by atoms with Crippen LogP contribution in [0.5, 0.6) is 0 Å². The summed E-state index contributed by atoms with van der Waals surface area (Å²) in [6, 6.07) is 10.3. The molecular weight excluding hydrogens is 318 g/mol. The summed E-state index contributed by atoms with van der Waals surface area (Å²) in [5.74, 6) is -0.360. The molecule has 2 N–H and O–H groups in total. The van der Waals surface area contributed by atoms with Crippen LogP contribution < -0.4 is 10.2 Å². The summed E-state index contributed by atoms with van der Waals surface area (Å²) in [4.78, 5) is 30.3. The summed E-state index contributed by atoms with van der Waals surface area (Å²) in [6.07, 6.45) is 3.68. The van der Waals surface area contributed by atoms with E-state index in [4.69, 9.17) is 0 Å². The molecule has 2 aromatic rings. The number of nitrogens with zero attached hydrogens (tertiary/aromatic N) is 2. The van der Waals surface area contributed by atoms with Gasteiger partial charge in [-0.25, -0.2) is 9.78 Å². The number of aromatic carboxylic acids is 1. The van der Waals surface area contributed by atoms with Crippen molar-refractivity contribution in [3.8, 4) is 0 Å². The SMILES string of the molecule is C[C@@H]1CCCN(c2ncc(NC(=O)c3ccccc3)cc2C(=O)O)C1. The van der Waals surface area contributed by atoms with Crippen molar-refractivity contribution in [2.75, 3.05) is 23.3 Å². The molecule has 2 heterocycles. The Bertz CT molecular complexity index is 777. The highest BCUT2D eigenvalue weighted by Gasteiger charge is 2.23. The molecule has 3 rings (SSSR count). The summed E-state index contributed by atoms with van der Waals surface area (Å²) in [6.45, 7) is 3.75. The molecule has 1 fully saturated rings. The van der Waals surface area contributed by atoms with Gasteiger partial charge in [-0.15, -0.1) is 0 Å². The maximum absolute atomic E-state index is 12.2. The number of aromatic nitrogens is 1. The van der Waals surface area contributed by atoms with Crippen LogP contribution in [0.15, 0.2) is 42.6 Å². The highest BCUT2D eigenvalue weighted by atomic mass is 16.4. The van der Waals surface area contributed by atoms with Gasteiger partial charge >= 0.3 is 5.97 Å². The number of hydrogen-bond acceptors (Lipinski definition) is 4. The third kappa shape index (κ3) is 3.96. The topological polar surface area (TPSA) is 82.5 Å². The third-order valence-electron chi connectivity index (χ3n) is 4.35. The Kier molecular flexibility index (Phi) is 4.97. The van der Waals surface area contributed by atoms with Crippen molar-refractivity contribution in [2.45, 2.75) is 19.8 Å². The molecule has 0 spiro atoms. The van der Waals surface area contributed by atoms with Gasteiger partial charge in [-0.1, -0.05) is 25.1 Å². The number of benzene rings is 1. The summed E-state index contributed by atoms with van der Waals surface area (Å²) >= 11 is 0. The number of piperidine rings is 1. The summed E-state index contributed by atoms with van der Waals surface area (Å²) in [5.41, 5.74) is 0.994. The smallest absolute Gasteiger partial charge is 0.339 e. The van der Waals surface area contributed by atoms with Crippen LogP contribution in [0.2, 0.25) is 0 Å². The van der Waals surface area contributed by atoms with Crippen molar-refractivity contribution in [3.05, 3.63) is 53.7 Å². The molecule has 1 atom stereocenters. The second-order valence-electron chi connectivity index (χ2n) is 6.41. The monoisotopic (exact) mass is 339 g/mol. The van der Waals surface area contributed by atoms with E-state index in [0.717, 1.165) is 25.9 Å². The quantitative estimate of drug-likeness (QED) is 0.893. The molecule has 0 bridgehead atoms. The second-order valence-corrected chi connectivity index (χ2v) is 6.41. The van der Waals surface area contributed by atoms with Crippen LogP contribution in [0.4, 0.5) is 11.5 Å². The lowest BCUT2D eigenvalue weighted by atomic mass is 10.00. The summed E-state index contributed by atoms with van der Waals surface area (Å²) < 4.78 is 0. The van der Waals surface area contributed by atoms with Crippen molar-refractivity contribution in [2.24, 2.45) is 5.92 Å². The molecule has 1 aromatic heterocycles. The number of rotatable bonds is 4. The zero-order chi connectivity index (χ0) is 17.8. The average Bonchev–Trinajstić information content (AvgIpc) is 2.62. The number of pyridine rings is 1. The maximum atomic E-state index is 12.2. The minimum Gasteiger partial charge on any atom is -0.478 e. The van der Waals surface area contributed by atoms with Crippen molar-refractivity contribution in [1.82, 2.24) is 4.98 Å². The molecular formula is C19H21N3O3. The van der Waals surface area contributed by atoms with E-state index in [-0.39, 0.29) is 11.5 Å². The van der Waals surface area contributed by atoms with Crippen LogP contribution in [-0.2, 0) is 0 Å². The fraction of sp³-hybridized carbons (Fsp3) is 0.316. The van der Waals surface area contributed by atoms with Crippen LogP contribution in [-0.4, -0.2) is 35.1 Å². The van der Waals surface area contributed by atoms with Gasteiger partial charge in [0.25, 0.3) is 5.91 Å². The minimum absolute atomic E-state index is 0.111. The highest BCUT2D eigenvalue weighted by Crippen LogP contribution is 2.26. The van der Waals surface area contributed by atoms with E-state index < -0.39 is 5.97 Å². The first-order valence-electron chi connectivity index (χ1n) is 8.39. The molecule has 1 aliphatic rings. The Morgan fingerprint density at radius 1 is 1.28 bits per heavy atom. The van der Waals surface area contributed by atoms with Gasteiger partial charge < -0.3 is 15.3 Å². The van der Waals surface area contributed by atoms with Gasteiger partial charge in [-0.3, -0.25) is 4.79 Å². The fourth-order valence-electron chi connectivity index (χ4n) is 3.11. The lowest BCUT2D eigenvalue weighted by Gasteiger charge is -2.32. The zero-order valence-corrected chi connectivity index (χ0v) is 14.1. The molecule has 1 aromatic carbocycles. The molecule has 1 saturated heterocycles. The van der Waals surface area contributed by atoms with Crippen molar-refractivity contribution >= 4 is 23.4 Å². The molecule has 0 unspecified atom stereocenters. The molecule has 25 heavy (non-hydrogen) atoms. The third-order valence-corrected chi connectivity index (χ3v) is 4.35. The Labute approximate surface area is 146 Å². The van der Waals surface area contributed by atoms with Crippen LogP contribution >= 0.6 is 0 Å². The number of carbonyl (C=O) groups is 2. The zero-order valence-electron chi connectivity index (χ0n) is 14.1. The van der Waals surface area contributed by atoms with Gasteiger partial charge in [0.05, 0.1) is 11.9 Å². The Hall–Kier alpha value is -2.89. The minimum atomic E-state index is -1.04. The van der Waals surface area contributed by atoms with E-state index in [2.05, 4.69) is 17.2 Å². The number of carbonyl (C=O) groups excluding carboxylic acids is 1. The molecule has 1 amide bonds. The van der Waals surface area contributed by atoms with Gasteiger partial charge in [0.1, 0.15) is 11.4 Å². The van der Waals surface area contributed by atoms with E-state index in [9.17, 15) is 14.7 Å². The number of anilines is 2. The van der Waals surface area contributed by atoms with Crippen LogP contribution in [0.1, 0.15) is 40.5 Å². The van der Waals surface area contributed by atoms with Crippen LogP contribution in [0.3, 0.4) is 0 Å². The number of carboxylic acid groups (broad SMARTS) is 1. The van der Waals surface area contributed by atoms with E-state index in [1.807, 2.05) is 11.0 Å². The first-order valence-corrected chi connectivity index (χ1v) is 8.39. The standard InChI is InChI=1S/C19H21N3O3/c1-13-6-5-9-22(12-13)17-16(19(24)25)10-15(11-20-17)21-18(23)14-7-3-2-4-8-14/h2-4,7-8,10-11,13H,5-6,9,12H2,1H3,(H,21,23)(H,24,25)/t13-/m1/s1. The highest BCUT2D eigenvalue weighted by molar-refractivity contribution is 6.05. The predicted molar refractivity (Wildman–Crippen MR) is 96.2 cm³/mol. The number of hydrogen-bond donors (Lipinski definition) is 2. The molecule has 1 aliphatic heterocycles. The molecule has 130 valence electrons. The molecule has 0 radical (unpaired) electrons. The normalized spacial score (nSPS) is 17.2. The van der Waals surface area contributed by atoms with Crippen LogP contribution in [0.25, 0.3) is 0 Å². The van der Waals surface area contributed by atoms with Gasteiger partial charge in [0, 0.05) is 18.7 Å². The first kappa shape index (κ1) is 17.0. The number of carboxylic acids is 1. The fourth-order valence-corrected chi connectivity index (χ4v) is 3.11. The van der Waals surface area contributed by atoms with E-state index in [0.29, 0.717) is 23.0 Å². The molecule has 0 saturated carbocycles. The summed E-state index contributed by atoms with van der Waals surface area (Å²) in [7, 11) is 0. The molecule has 6 heteroatoms. The Balaban J connectivity index is 1.84. The van der Waals surface area contributed by atoms with E-state index in [1.54, 1.807) is 24.3 Å². The number of amides is 1. The predicted octanol–water partition coefficient (Wildman–Crippen LogP) is 3.27. The van der Waals surface area contributed by atoms with Crippen molar-refractivity contribution in [1.29, 1.82) is 0 Å². The molecule has 0 aliphatic carbocycles. The molecule has 6 nitrogen and oxygen atoms in total. The lowest BCUT2D eigenvalue weighted by molar-refractivity contribution is 0.0696. The van der Waals surface area contributed by atoms with E-state index in [1.165, 1.54) is 12.3 Å². The van der Waals surface area contributed by atoms with Crippen LogP contribution in [0, 0.1) is 5.92 Å². The number of nitrogens with one attached hydrogen (secondary N) is 1. The van der Waals surface area contributed by atoms with Crippen molar-refractivity contribution < 1.29 is 14.7 Å². The van der Waals surface area contributed by atoms with E-state index >= 15 is 0 Å². The largest absolute Gasteiger partial charge is 0.478 e. The van der Waals surface area contributed by atoms with Crippen molar-refractivity contribution in [3.63, 3.8) is 0 Å².